The van der Waals surface area contributed by atoms with E-state index in [4.69, 9.17) is 21.1 Å². The van der Waals surface area contributed by atoms with Crippen molar-refractivity contribution in [3.05, 3.63) is 82.9 Å². The molecule has 0 heterocycles. The number of ether oxygens (including phenoxy) is 2. The summed E-state index contributed by atoms with van der Waals surface area (Å²) in [5.41, 5.74) is 4.74. The second-order valence-electron chi connectivity index (χ2n) is 7.65. The summed E-state index contributed by atoms with van der Waals surface area (Å²) in [4.78, 5) is 36.8. The summed E-state index contributed by atoms with van der Waals surface area (Å²) in [5.74, 6) is -1.50. The number of nitrogens with zero attached hydrogens (tertiary/aromatic N) is 1. The van der Waals surface area contributed by atoms with Crippen molar-refractivity contribution in [2.24, 2.45) is 5.10 Å². The molecule has 0 saturated carbocycles. The van der Waals surface area contributed by atoms with E-state index in [1.54, 1.807) is 42.5 Å². The summed E-state index contributed by atoms with van der Waals surface area (Å²) in [5, 5.41) is 9.46. The lowest BCUT2D eigenvalue weighted by molar-refractivity contribution is -0.136. The molecule has 3 aromatic rings. The summed E-state index contributed by atoms with van der Waals surface area (Å²) < 4.78 is 11.1. The summed E-state index contributed by atoms with van der Waals surface area (Å²) in [7, 11) is 0. The average Bonchev–Trinajstić information content (AvgIpc) is 2.90. The van der Waals surface area contributed by atoms with E-state index in [-0.39, 0.29) is 12.5 Å². The van der Waals surface area contributed by atoms with Gasteiger partial charge in [-0.05, 0) is 61.4 Å². The third-order valence-corrected chi connectivity index (χ3v) is 5.22. The maximum Gasteiger partial charge on any atom is 0.329 e. The van der Waals surface area contributed by atoms with Gasteiger partial charge in [-0.1, -0.05) is 42.8 Å². The molecule has 3 N–H and O–H groups in total. The Bertz CT molecular complexity index is 1280. The van der Waals surface area contributed by atoms with Crippen LogP contribution in [0.15, 0.2) is 71.8 Å². The normalized spacial score (nSPS) is 10.6. The standard InChI is InChI=1S/C27H27ClN4O5/c1-3-18-9-12-21(13-10-18)30-25(33)17-37-23-14-11-20(28)15-19(23)16-29-32-27(35)26(34)31-22-7-5-6-8-24(22)36-4-2/h5-16H,3-4,17H2,1-2H3,(H,30,33)(H,31,34)(H,32,35)/b29-16-. The number of carbonyl (C=O) groups excluding carboxylic acids is 3. The minimum atomic E-state index is -0.986. The van der Waals surface area contributed by atoms with Crippen molar-refractivity contribution in [3.8, 4) is 11.5 Å². The molecule has 192 valence electrons. The van der Waals surface area contributed by atoms with Crippen LogP contribution in [-0.4, -0.2) is 37.1 Å². The van der Waals surface area contributed by atoms with E-state index in [9.17, 15) is 14.4 Å². The molecule has 10 heteroatoms. The zero-order valence-corrected chi connectivity index (χ0v) is 21.2. The fraction of sp³-hybridized carbons (Fsp3) is 0.185. The zero-order chi connectivity index (χ0) is 26.6. The van der Waals surface area contributed by atoms with Gasteiger partial charge < -0.3 is 20.1 Å². The third kappa shape index (κ3) is 8.36. The highest BCUT2D eigenvalue weighted by molar-refractivity contribution is 6.39. The number of hydrogen-bond acceptors (Lipinski definition) is 6. The van der Waals surface area contributed by atoms with Gasteiger partial charge in [0, 0.05) is 16.3 Å². The molecule has 0 fully saturated rings. The predicted octanol–water partition coefficient (Wildman–Crippen LogP) is 4.41. The van der Waals surface area contributed by atoms with Gasteiger partial charge in [-0.3, -0.25) is 14.4 Å². The molecule has 0 bridgehead atoms. The maximum absolute atomic E-state index is 12.3. The molecule has 3 amide bonds. The van der Waals surface area contributed by atoms with E-state index >= 15 is 0 Å². The Morgan fingerprint density at radius 2 is 1.65 bits per heavy atom. The number of anilines is 2. The number of benzene rings is 3. The Labute approximate surface area is 219 Å². The highest BCUT2D eigenvalue weighted by Gasteiger charge is 2.15. The molecule has 0 unspecified atom stereocenters. The summed E-state index contributed by atoms with van der Waals surface area (Å²) in [6.45, 7) is 4.01. The lowest BCUT2D eigenvalue weighted by Crippen LogP contribution is -2.32. The van der Waals surface area contributed by atoms with Gasteiger partial charge in [0.05, 0.1) is 18.5 Å². The van der Waals surface area contributed by atoms with Gasteiger partial charge in [-0.25, -0.2) is 5.43 Å². The van der Waals surface area contributed by atoms with Crippen molar-refractivity contribution >= 4 is 46.9 Å². The van der Waals surface area contributed by atoms with Crippen LogP contribution in [0.3, 0.4) is 0 Å². The quantitative estimate of drug-likeness (QED) is 0.207. The number of aryl methyl sites for hydroxylation is 1. The molecule has 0 aliphatic heterocycles. The van der Waals surface area contributed by atoms with E-state index in [1.807, 2.05) is 31.2 Å². The van der Waals surface area contributed by atoms with Crippen LogP contribution in [0.5, 0.6) is 11.5 Å². The number of hydrogen-bond donors (Lipinski definition) is 3. The Hall–Kier alpha value is -4.37. The van der Waals surface area contributed by atoms with Crippen LogP contribution in [0.4, 0.5) is 11.4 Å². The molecule has 0 aromatic heterocycles. The fourth-order valence-electron chi connectivity index (χ4n) is 3.16. The van der Waals surface area contributed by atoms with Crippen LogP contribution in [0.2, 0.25) is 5.02 Å². The van der Waals surface area contributed by atoms with E-state index in [0.29, 0.717) is 40.1 Å². The van der Waals surface area contributed by atoms with Crippen molar-refractivity contribution in [1.29, 1.82) is 0 Å². The van der Waals surface area contributed by atoms with Gasteiger partial charge in [-0.15, -0.1) is 0 Å². The average molecular weight is 523 g/mol. The number of nitrogens with one attached hydrogen (secondary N) is 3. The van der Waals surface area contributed by atoms with Crippen LogP contribution in [-0.2, 0) is 20.8 Å². The first-order valence-corrected chi connectivity index (χ1v) is 11.9. The molecule has 37 heavy (non-hydrogen) atoms. The Balaban J connectivity index is 1.57. The number of hydrazone groups is 1. The lowest BCUT2D eigenvalue weighted by Gasteiger charge is -2.11. The van der Waals surface area contributed by atoms with Gasteiger partial charge >= 0.3 is 11.8 Å². The molecule has 0 radical (unpaired) electrons. The van der Waals surface area contributed by atoms with Crippen LogP contribution >= 0.6 is 11.6 Å². The summed E-state index contributed by atoms with van der Waals surface area (Å²) in [6.07, 6.45) is 2.17. The number of rotatable bonds is 10. The SMILES string of the molecule is CCOc1ccccc1NC(=O)C(=O)N/N=C\c1cc(Cl)ccc1OCC(=O)Nc1ccc(CC)cc1. The second kappa shape index (κ2) is 13.6. The first-order chi connectivity index (χ1) is 17.9. The molecule has 3 aromatic carbocycles. The fourth-order valence-corrected chi connectivity index (χ4v) is 3.34. The molecular formula is C27H27ClN4O5. The van der Waals surface area contributed by atoms with Crippen LogP contribution < -0.4 is 25.5 Å². The van der Waals surface area contributed by atoms with Gasteiger partial charge in [0.2, 0.25) is 0 Å². The van der Waals surface area contributed by atoms with Crippen LogP contribution in [0.25, 0.3) is 0 Å². The van der Waals surface area contributed by atoms with Gasteiger partial charge in [0.1, 0.15) is 11.5 Å². The molecule has 0 aliphatic carbocycles. The highest BCUT2D eigenvalue weighted by atomic mass is 35.5. The van der Waals surface area contributed by atoms with Crippen LogP contribution in [0, 0.1) is 0 Å². The molecular weight excluding hydrogens is 496 g/mol. The summed E-state index contributed by atoms with van der Waals surface area (Å²) in [6, 6.07) is 19.0. The van der Waals surface area contributed by atoms with Gasteiger partial charge in [-0.2, -0.15) is 5.10 Å². The van der Waals surface area contributed by atoms with Crippen molar-refractivity contribution in [1.82, 2.24) is 5.43 Å². The largest absolute Gasteiger partial charge is 0.492 e. The van der Waals surface area contributed by atoms with E-state index < -0.39 is 11.8 Å². The number of amides is 3. The number of halogens is 1. The minimum absolute atomic E-state index is 0.258. The lowest BCUT2D eigenvalue weighted by atomic mass is 10.1. The number of carbonyl (C=O) groups is 3. The van der Waals surface area contributed by atoms with Crippen molar-refractivity contribution in [2.75, 3.05) is 23.8 Å². The molecule has 0 spiro atoms. The van der Waals surface area contributed by atoms with Gasteiger partial charge in [0.15, 0.2) is 6.61 Å². The molecule has 9 nitrogen and oxygen atoms in total. The number of para-hydroxylation sites is 2. The van der Waals surface area contributed by atoms with E-state index in [0.717, 1.165) is 6.42 Å². The van der Waals surface area contributed by atoms with Gasteiger partial charge in [0.25, 0.3) is 5.91 Å². The van der Waals surface area contributed by atoms with Crippen molar-refractivity contribution in [3.63, 3.8) is 0 Å². The third-order valence-electron chi connectivity index (χ3n) is 4.99. The minimum Gasteiger partial charge on any atom is -0.492 e. The first-order valence-electron chi connectivity index (χ1n) is 11.6. The molecule has 0 saturated heterocycles. The monoisotopic (exact) mass is 522 g/mol. The molecule has 0 atom stereocenters. The zero-order valence-electron chi connectivity index (χ0n) is 20.4. The van der Waals surface area contributed by atoms with E-state index in [1.165, 1.54) is 11.8 Å². The topological polar surface area (TPSA) is 118 Å². The first kappa shape index (κ1) is 27.2. The Kier molecular flexibility index (Phi) is 10.0. The van der Waals surface area contributed by atoms with Crippen LogP contribution in [0.1, 0.15) is 25.0 Å². The maximum atomic E-state index is 12.3. The highest BCUT2D eigenvalue weighted by Crippen LogP contribution is 2.24. The van der Waals surface area contributed by atoms with Crippen molar-refractivity contribution in [2.45, 2.75) is 20.3 Å². The van der Waals surface area contributed by atoms with E-state index in [2.05, 4.69) is 28.1 Å². The smallest absolute Gasteiger partial charge is 0.329 e. The molecule has 0 aliphatic rings. The Morgan fingerprint density at radius 1 is 0.892 bits per heavy atom. The Morgan fingerprint density at radius 3 is 2.38 bits per heavy atom. The summed E-state index contributed by atoms with van der Waals surface area (Å²) >= 11 is 6.07. The second-order valence-corrected chi connectivity index (χ2v) is 8.09. The predicted molar refractivity (Wildman–Crippen MR) is 143 cm³/mol. The molecule has 3 rings (SSSR count). The van der Waals surface area contributed by atoms with Crippen molar-refractivity contribution < 1.29 is 23.9 Å².